The fraction of sp³-hybridized carbons (Fsp3) is 0.429. The second-order valence-corrected chi connectivity index (χ2v) is 5.39. The van der Waals surface area contributed by atoms with Crippen LogP contribution in [0.5, 0.6) is 0 Å². The Morgan fingerprint density at radius 1 is 1.37 bits per heavy atom. The van der Waals surface area contributed by atoms with Gasteiger partial charge in [0.05, 0.1) is 10.9 Å². The smallest absolute Gasteiger partial charge is 0.262 e. The van der Waals surface area contributed by atoms with Gasteiger partial charge in [-0.15, -0.1) is 0 Å². The number of hydrogen-bond acceptors (Lipinski definition) is 3. The predicted molar refractivity (Wildman–Crippen MR) is 81.2 cm³/mol. The quantitative estimate of drug-likeness (QED) is 0.873. The Bertz CT molecular complexity index is 687. The average molecular weight is 277 g/mol. The number of fused-ring (bicyclic) bond motifs is 1. The lowest BCUT2D eigenvalue weighted by Gasteiger charge is -2.21. The van der Waals surface area contributed by atoms with Crippen LogP contribution in [0.25, 0.3) is 10.9 Å². The number of likely N-dealkylation sites (N-methyl/N-ethyl adjacent to an activating group) is 1. The number of benzene rings is 1. The molecule has 0 aliphatic rings. The number of aromatic amines is 1. The maximum atomic E-state index is 12.4. The molecule has 0 radical (unpaired) electrons. The first-order valence-corrected chi connectivity index (χ1v) is 6.83. The van der Waals surface area contributed by atoms with E-state index in [9.17, 15) is 4.79 Å². The standard InChI is InChI=1S/C14H19N3OS/c1-10(2)16(3)8-9-17-13(18)11-6-4-5-7-12(11)15-14(17)19/h4-7,10H,8-9H2,1-3H3,(H,15,19). The van der Waals surface area contributed by atoms with E-state index in [0.717, 1.165) is 12.1 Å². The van der Waals surface area contributed by atoms with Gasteiger partial charge in [-0.25, -0.2) is 0 Å². The molecule has 1 heterocycles. The molecule has 0 fully saturated rings. The summed E-state index contributed by atoms with van der Waals surface area (Å²) < 4.78 is 2.12. The van der Waals surface area contributed by atoms with E-state index >= 15 is 0 Å². The van der Waals surface area contributed by atoms with E-state index in [1.807, 2.05) is 31.3 Å². The molecule has 1 N–H and O–H groups in total. The molecular formula is C14H19N3OS. The molecule has 2 rings (SSSR count). The van der Waals surface area contributed by atoms with Crippen LogP contribution in [0.15, 0.2) is 29.1 Å². The summed E-state index contributed by atoms with van der Waals surface area (Å²) in [5.74, 6) is 0. The topological polar surface area (TPSA) is 41.0 Å². The number of H-pyrrole nitrogens is 1. The maximum Gasteiger partial charge on any atom is 0.262 e. The molecule has 0 aliphatic heterocycles. The van der Waals surface area contributed by atoms with Gasteiger partial charge in [0, 0.05) is 19.1 Å². The molecule has 0 bridgehead atoms. The van der Waals surface area contributed by atoms with Crippen molar-refractivity contribution in [3.8, 4) is 0 Å². The van der Waals surface area contributed by atoms with Gasteiger partial charge in [-0.3, -0.25) is 9.36 Å². The Hall–Kier alpha value is -1.46. The molecule has 2 aromatic rings. The zero-order valence-corrected chi connectivity index (χ0v) is 12.3. The fourth-order valence-corrected chi connectivity index (χ4v) is 2.20. The summed E-state index contributed by atoms with van der Waals surface area (Å²) in [5, 5.41) is 0.684. The van der Waals surface area contributed by atoms with Gasteiger partial charge in [-0.2, -0.15) is 0 Å². The predicted octanol–water partition coefficient (Wildman–Crippen LogP) is 2.40. The first kappa shape index (κ1) is 14.0. The molecule has 102 valence electrons. The summed E-state index contributed by atoms with van der Waals surface area (Å²) in [6, 6.07) is 7.91. The molecule has 0 amide bonds. The largest absolute Gasteiger partial charge is 0.332 e. The Morgan fingerprint density at radius 2 is 2.05 bits per heavy atom. The van der Waals surface area contributed by atoms with E-state index < -0.39 is 0 Å². The highest BCUT2D eigenvalue weighted by Gasteiger charge is 2.07. The lowest BCUT2D eigenvalue weighted by molar-refractivity contribution is 0.261. The third-order valence-electron chi connectivity index (χ3n) is 3.45. The molecule has 0 aliphatic carbocycles. The van der Waals surface area contributed by atoms with E-state index in [1.165, 1.54) is 0 Å². The number of nitrogens with zero attached hydrogens (tertiary/aromatic N) is 2. The molecule has 0 saturated carbocycles. The van der Waals surface area contributed by atoms with E-state index in [-0.39, 0.29) is 5.56 Å². The van der Waals surface area contributed by atoms with E-state index in [2.05, 4.69) is 23.7 Å². The highest BCUT2D eigenvalue weighted by atomic mass is 32.1. The van der Waals surface area contributed by atoms with Crippen molar-refractivity contribution in [2.24, 2.45) is 0 Å². The summed E-state index contributed by atoms with van der Waals surface area (Å²) in [5.41, 5.74) is 0.780. The van der Waals surface area contributed by atoms with Gasteiger partial charge < -0.3 is 9.88 Å². The van der Waals surface area contributed by atoms with E-state index in [4.69, 9.17) is 12.2 Å². The zero-order valence-electron chi connectivity index (χ0n) is 11.5. The highest BCUT2D eigenvalue weighted by Crippen LogP contribution is 2.06. The van der Waals surface area contributed by atoms with Crippen molar-refractivity contribution in [3.63, 3.8) is 0 Å². The first-order valence-electron chi connectivity index (χ1n) is 6.43. The van der Waals surface area contributed by atoms with Crippen LogP contribution in [0.1, 0.15) is 13.8 Å². The van der Waals surface area contributed by atoms with Gasteiger partial charge >= 0.3 is 0 Å². The maximum absolute atomic E-state index is 12.4. The van der Waals surface area contributed by atoms with Crippen molar-refractivity contribution in [1.82, 2.24) is 14.5 Å². The van der Waals surface area contributed by atoms with Gasteiger partial charge in [0.1, 0.15) is 0 Å². The number of nitrogens with one attached hydrogen (secondary N) is 1. The number of rotatable bonds is 4. The van der Waals surface area contributed by atoms with Crippen LogP contribution in [0.3, 0.4) is 0 Å². The van der Waals surface area contributed by atoms with E-state index in [0.29, 0.717) is 22.7 Å². The second-order valence-electron chi connectivity index (χ2n) is 5.01. The average Bonchev–Trinajstić information content (AvgIpc) is 2.38. The minimum Gasteiger partial charge on any atom is -0.332 e. The molecule has 0 atom stereocenters. The number of para-hydroxylation sites is 1. The Morgan fingerprint density at radius 3 is 2.74 bits per heavy atom. The summed E-state index contributed by atoms with van der Waals surface area (Å²) in [4.78, 5) is 17.7. The van der Waals surface area contributed by atoms with Crippen LogP contribution in [0.4, 0.5) is 0 Å². The van der Waals surface area contributed by atoms with Crippen molar-refractivity contribution in [1.29, 1.82) is 0 Å². The summed E-state index contributed by atoms with van der Waals surface area (Å²) in [6.07, 6.45) is 0. The van der Waals surface area contributed by atoms with Crippen molar-refractivity contribution < 1.29 is 0 Å². The molecule has 4 nitrogen and oxygen atoms in total. The van der Waals surface area contributed by atoms with Crippen LogP contribution >= 0.6 is 12.2 Å². The Labute approximate surface area is 117 Å². The van der Waals surface area contributed by atoms with Crippen LogP contribution < -0.4 is 5.56 Å². The summed E-state index contributed by atoms with van der Waals surface area (Å²) in [6.45, 7) is 5.66. The second kappa shape index (κ2) is 5.67. The molecule has 5 heteroatoms. The molecular weight excluding hydrogens is 258 g/mol. The fourth-order valence-electron chi connectivity index (χ4n) is 1.92. The number of hydrogen-bond donors (Lipinski definition) is 1. The molecule has 19 heavy (non-hydrogen) atoms. The third kappa shape index (κ3) is 2.93. The molecule has 0 spiro atoms. The van der Waals surface area contributed by atoms with Crippen LogP contribution in [-0.2, 0) is 6.54 Å². The Kier molecular flexibility index (Phi) is 4.17. The highest BCUT2D eigenvalue weighted by molar-refractivity contribution is 7.71. The molecule has 1 aromatic heterocycles. The summed E-state index contributed by atoms with van der Waals surface area (Å²) in [7, 11) is 2.05. The molecule has 1 aromatic carbocycles. The minimum absolute atomic E-state index is 0.0171. The first-order chi connectivity index (χ1) is 9.00. The van der Waals surface area contributed by atoms with Crippen LogP contribution in [0, 0.1) is 4.77 Å². The van der Waals surface area contributed by atoms with Gasteiger partial charge in [0.2, 0.25) is 0 Å². The SMILES string of the molecule is CC(C)N(C)CCn1c(=S)[nH]c2ccccc2c1=O. The molecule has 0 saturated heterocycles. The number of aromatic nitrogens is 2. The van der Waals surface area contributed by atoms with Gasteiger partial charge in [0.25, 0.3) is 5.56 Å². The van der Waals surface area contributed by atoms with E-state index in [1.54, 1.807) is 4.57 Å². The molecule has 0 unspecified atom stereocenters. The van der Waals surface area contributed by atoms with Crippen molar-refractivity contribution in [2.45, 2.75) is 26.4 Å². The summed E-state index contributed by atoms with van der Waals surface area (Å²) >= 11 is 5.27. The normalized spacial score (nSPS) is 11.6. The third-order valence-corrected chi connectivity index (χ3v) is 3.77. The lowest BCUT2D eigenvalue weighted by Crippen LogP contribution is -2.33. The van der Waals surface area contributed by atoms with Crippen LogP contribution in [-0.4, -0.2) is 34.1 Å². The van der Waals surface area contributed by atoms with Gasteiger partial charge in [-0.05, 0) is 45.2 Å². The van der Waals surface area contributed by atoms with Gasteiger partial charge in [-0.1, -0.05) is 12.1 Å². The van der Waals surface area contributed by atoms with Crippen LogP contribution in [0.2, 0.25) is 0 Å². The minimum atomic E-state index is -0.0171. The Balaban J connectivity index is 2.39. The van der Waals surface area contributed by atoms with Gasteiger partial charge in [0.15, 0.2) is 4.77 Å². The zero-order chi connectivity index (χ0) is 14.0. The van der Waals surface area contributed by atoms with Crippen molar-refractivity contribution in [3.05, 3.63) is 39.4 Å². The van der Waals surface area contributed by atoms with Crippen molar-refractivity contribution in [2.75, 3.05) is 13.6 Å². The van der Waals surface area contributed by atoms with Crippen molar-refractivity contribution >= 4 is 23.1 Å². The lowest BCUT2D eigenvalue weighted by atomic mass is 10.2. The monoisotopic (exact) mass is 277 g/mol.